The van der Waals surface area contributed by atoms with E-state index in [0.717, 1.165) is 24.8 Å². The molecular weight excluding hydrogens is 346 g/mol. The van der Waals surface area contributed by atoms with Crippen LogP contribution >= 0.6 is 0 Å². The van der Waals surface area contributed by atoms with Gasteiger partial charge in [0.05, 0.1) is 6.04 Å². The molecule has 146 valence electrons. The van der Waals surface area contributed by atoms with Crippen LogP contribution < -0.4 is 0 Å². The number of ether oxygens (including phenoxy) is 1. The average molecular weight is 376 g/mol. The van der Waals surface area contributed by atoms with Gasteiger partial charge < -0.3 is 9.64 Å². The van der Waals surface area contributed by atoms with E-state index < -0.39 is 5.72 Å². The third-order valence-electron chi connectivity index (χ3n) is 6.40. The Bertz CT molecular complexity index is 834. The highest BCUT2D eigenvalue weighted by atomic mass is 16.5. The number of rotatable bonds is 5. The number of benzene rings is 2. The number of hydrogen-bond acceptors (Lipinski definition) is 2. The quantitative estimate of drug-likeness (QED) is 0.677. The fourth-order valence-electron chi connectivity index (χ4n) is 5.16. The summed E-state index contributed by atoms with van der Waals surface area (Å²) in [7, 11) is 0. The Hall–Kier alpha value is -2.39. The van der Waals surface area contributed by atoms with Crippen LogP contribution in [0.2, 0.25) is 0 Å². The SMILES string of the molecule is C=CC[C@@H]1C[C@]2(C)O[C@@H](c3ccccc3)[C@@H](C)N2C(=O)[C@H]1Cc1ccccc1. The summed E-state index contributed by atoms with van der Waals surface area (Å²) in [6.45, 7) is 8.14. The van der Waals surface area contributed by atoms with Gasteiger partial charge in [0.15, 0.2) is 0 Å². The van der Waals surface area contributed by atoms with Crippen molar-refractivity contribution in [2.45, 2.75) is 51.0 Å². The summed E-state index contributed by atoms with van der Waals surface area (Å²) in [6, 6.07) is 20.6. The second kappa shape index (κ2) is 7.56. The molecule has 0 spiro atoms. The first-order chi connectivity index (χ1) is 13.5. The molecule has 2 aliphatic heterocycles. The largest absolute Gasteiger partial charge is 0.346 e. The Morgan fingerprint density at radius 3 is 2.43 bits per heavy atom. The van der Waals surface area contributed by atoms with Gasteiger partial charge in [-0.15, -0.1) is 6.58 Å². The summed E-state index contributed by atoms with van der Waals surface area (Å²) in [4.78, 5) is 15.7. The second-order valence-electron chi connectivity index (χ2n) is 8.36. The first-order valence-corrected chi connectivity index (χ1v) is 10.2. The maximum atomic E-state index is 13.7. The monoisotopic (exact) mass is 375 g/mol. The van der Waals surface area contributed by atoms with Gasteiger partial charge in [-0.05, 0) is 50.2 Å². The van der Waals surface area contributed by atoms with Crippen molar-refractivity contribution in [3.05, 3.63) is 84.4 Å². The molecule has 0 radical (unpaired) electrons. The molecule has 0 aromatic heterocycles. The molecule has 2 aromatic carbocycles. The van der Waals surface area contributed by atoms with Crippen LogP contribution in [0.1, 0.15) is 43.9 Å². The molecule has 0 aliphatic carbocycles. The third kappa shape index (κ3) is 3.29. The van der Waals surface area contributed by atoms with E-state index >= 15 is 0 Å². The summed E-state index contributed by atoms with van der Waals surface area (Å²) >= 11 is 0. The number of fused-ring (bicyclic) bond motifs is 1. The van der Waals surface area contributed by atoms with Gasteiger partial charge in [0.2, 0.25) is 5.91 Å². The molecule has 4 rings (SSSR count). The van der Waals surface area contributed by atoms with E-state index in [0.29, 0.717) is 0 Å². The smallest absolute Gasteiger partial charge is 0.228 e. The fraction of sp³-hybridized carbons (Fsp3) is 0.400. The summed E-state index contributed by atoms with van der Waals surface area (Å²) in [5, 5.41) is 0. The Balaban J connectivity index is 1.65. The van der Waals surface area contributed by atoms with E-state index in [-0.39, 0.29) is 29.9 Å². The van der Waals surface area contributed by atoms with Crippen LogP contribution in [0.25, 0.3) is 0 Å². The summed E-state index contributed by atoms with van der Waals surface area (Å²) in [6.07, 6.45) is 4.31. The molecule has 0 N–H and O–H groups in total. The lowest BCUT2D eigenvalue weighted by Crippen LogP contribution is -2.58. The minimum atomic E-state index is -0.558. The fourth-order valence-corrected chi connectivity index (χ4v) is 5.16. The van der Waals surface area contributed by atoms with Crippen LogP contribution in [-0.2, 0) is 16.0 Å². The van der Waals surface area contributed by atoms with Gasteiger partial charge in [0, 0.05) is 5.92 Å². The maximum absolute atomic E-state index is 13.7. The van der Waals surface area contributed by atoms with Gasteiger partial charge in [-0.25, -0.2) is 0 Å². The molecule has 28 heavy (non-hydrogen) atoms. The molecule has 1 amide bonds. The molecule has 2 fully saturated rings. The Morgan fingerprint density at radius 2 is 1.79 bits per heavy atom. The highest BCUT2D eigenvalue weighted by Crippen LogP contribution is 2.50. The Labute approximate surface area is 168 Å². The normalized spacial score (nSPS) is 32.2. The zero-order valence-corrected chi connectivity index (χ0v) is 16.8. The minimum absolute atomic E-state index is 0.0165. The Morgan fingerprint density at radius 1 is 1.14 bits per heavy atom. The summed E-state index contributed by atoms with van der Waals surface area (Å²) < 4.78 is 6.57. The van der Waals surface area contributed by atoms with Crippen LogP contribution in [0.4, 0.5) is 0 Å². The standard InChI is InChI=1S/C25H29NO2/c1-4-11-21-17-25(3)26(18(2)23(28-25)20-14-9-6-10-15-20)24(27)22(21)16-19-12-7-5-8-13-19/h4-10,12-15,18,21-23H,1,11,16-17H2,2-3H3/t18-,21-,22+,23-,25+/m1/s1. The number of carbonyl (C=O) groups excluding carboxylic acids is 1. The van der Waals surface area contributed by atoms with Crippen molar-refractivity contribution >= 4 is 5.91 Å². The van der Waals surface area contributed by atoms with Crippen molar-refractivity contribution in [1.29, 1.82) is 0 Å². The van der Waals surface area contributed by atoms with Crippen molar-refractivity contribution in [2.75, 3.05) is 0 Å². The summed E-state index contributed by atoms with van der Waals surface area (Å²) in [5.41, 5.74) is 1.79. The predicted molar refractivity (Wildman–Crippen MR) is 112 cm³/mol. The van der Waals surface area contributed by atoms with Crippen molar-refractivity contribution in [1.82, 2.24) is 4.90 Å². The van der Waals surface area contributed by atoms with E-state index in [4.69, 9.17) is 4.74 Å². The highest BCUT2D eigenvalue weighted by molar-refractivity contribution is 5.82. The number of hydrogen-bond donors (Lipinski definition) is 0. The van der Waals surface area contributed by atoms with Crippen LogP contribution in [0.15, 0.2) is 73.3 Å². The summed E-state index contributed by atoms with van der Waals surface area (Å²) in [5.74, 6) is 0.428. The van der Waals surface area contributed by atoms with Gasteiger partial charge in [0.1, 0.15) is 11.8 Å². The number of piperidine rings is 1. The molecule has 0 saturated carbocycles. The first-order valence-electron chi connectivity index (χ1n) is 10.2. The lowest BCUT2D eigenvalue weighted by atomic mass is 9.75. The van der Waals surface area contributed by atoms with Gasteiger partial charge in [-0.1, -0.05) is 66.7 Å². The molecule has 0 unspecified atom stereocenters. The zero-order chi connectivity index (χ0) is 19.7. The molecule has 5 atom stereocenters. The van der Waals surface area contributed by atoms with Crippen molar-refractivity contribution in [3.8, 4) is 0 Å². The van der Waals surface area contributed by atoms with E-state index in [9.17, 15) is 4.79 Å². The minimum Gasteiger partial charge on any atom is -0.346 e. The number of nitrogens with zero attached hydrogens (tertiary/aromatic N) is 1. The zero-order valence-electron chi connectivity index (χ0n) is 16.8. The van der Waals surface area contributed by atoms with E-state index in [2.05, 4.69) is 44.7 Å². The molecule has 3 heteroatoms. The van der Waals surface area contributed by atoms with E-state index in [1.165, 1.54) is 5.56 Å². The van der Waals surface area contributed by atoms with Crippen LogP contribution in [0.3, 0.4) is 0 Å². The van der Waals surface area contributed by atoms with Crippen molar-refractivity contribution < 1.29 is 9.53 Å². The highest BCUT2D eigenvalue weighted by Gasteiger charge is 2.57. The third-order valence-corrected chi connectivity index (χ3v) is 6.40. The first kappa shape index (κ1) is 18.9. The van der Waals surface area contributed by atoms with Crippen LogP contribution in [0.5, 0.6) is 0 Å². The topological polar surface area (TPSA) is 29.5 Å². The number of allylic oxidation sites excluding steroid dienone is 1. The van der Waals surface area contributed by atoms with Gasteiger partial charge in [-0.2, -0.15) is 0 Å². The van der Waals surface area contributed by atoms with Crippen LogP contribution in [-0.4, -0.2) is 22.6 Å². The molecule has 2 heterocycles. The average Bonchev–Trinajstić information content (AvgIpc) is 2.97. The van der Waals surface area contributed by atoms with Crippen LogP contribution in [0, 0.1) is 11.8 Å². The molecule has 2 saturated heterocycles. The molecule has 0 bridgehead atoms. The van der Waals surface area contributed by atoms with Crippen molar-refractivity contribution in [3.63, 3.8) is 0 Å². The lowest BCUT2D eigenvalue weighted by molar-refractivity contribution is -0.173. The van der Waals surface area contributed by atoms with Crippen molar-refractivity contribution in [2.24, 2.45) is 11.8 Å². The molecule has 3 nitrogen and oxygen atoms in total. The lowest BCUT2D eigenvalue weighted by Gasteiger charge is -2.46. The predicted octanol–water partition coefficient (Wildman–Crippen LogP) is 5.15. The number of amides is 1. The van der Waals surface area contributed by atoms with E-state index in [1.54, 1.807) is 0 Å². The van der Waals surface area contributed by atoms with Gasteiger partial charge in [0.25, 0.3) is 0 Å². The van der Waals surface area contributed by atoms with Gasteiger partial charge >= 0.3 is 0 Å². The molecule has 2 aromatic rings. The van der Waals surface area contributed by atoms with Gasteiger partial charge in [-0.3, -0.25) is 4.79 Å². The number of carbonyl (C=O) groups is 1. The Kier molecular flexibility index (Phi) is 5.11. The molecular formula is C25H29NO2. The molecule has 2 aliphatic rings. The maximum Gasteiger partial charge on any atom is 0.228 e. The second-order valence-corrected chi connectivity index (χ2v) is 8.36. The van der Waals surface area contributed by atoms with E-state index in [1.807, 2.05) is 47.4 Å².